The number of hydrogen-bond acceptors (Lipinski definition) is 2. The number of carbonyl (C=O) groups is 1. The first-order chi connectivity index (χ1) is 12.8. The molecule has 1 aromatic carbocycles. The lowest BCUT2D eigenvalue weighted by atomic mass is 9.77. The van der Waals surface area contributed by atoms with Crippen molar-refractivity contribution in [3.63, 3.8) is 0 Å². The highest BCUT2D eigenvalue weighted by Gasteiger charge is 2.37. The van der Waals surface area contributed by atoms with Crippen LogP contribution in [-0.4, -0.2) is 35.6 Å². The summed E-state index contributed by atoms with van der Waals surface area (Å²) >= 11 is 6.06. The van der Waals surface area contributed by atoms with Crippen molar-refractivity contribution in [2.24, 2.45) is 5.41 Å². The maximum absolute atomic E-state index is 12.4. The Hall–Kier alpha value is -1.06. The molecule has 1 saturated carbocycles. The van der Waals surface area contributed by atoms with Gasteiger partial charge in [-0.3, -0.25) is 4.79 Å². The molecule has 0 radical (unpaired) electrons. The van der Waals surface area contributed by atoms with Gasteiger partial charge < -0.3 is 9.64 Å². The van der Waals surface area contributed by atoms with Crippen LogP contribution in [0.3, 0.4) is 0 Å². The first-order valence-corrected chi connectivity index (χ1v) is 10.8. The molecule has 4 heteroatoms. The molecular weight excluding hydrogens is 358 g/mol. The molecule has 1 amide bonds. The van der Waals surface area contributed by atoms with E-state index < -0.39 is 0 Å². The molecule has 150 valence electrons. The SMILES string of the molecule is CC(=O)N(CCC1(Cc2ccc(Cl)cc2)CCCC1)C1CCOC(C)(C)C1. The number of hydrogen-bond donors (Lipinski definition) is 0. The van der Waals surface area contributed by atoms with Crippen molar-refractivity contribution in [1.29, 1.82) is 0 Å². The van der Waals surface area contributed by atoms with Gasteiger partial charge in [-0.2, -0.15) is 0 Å². The van der Waals surface area contributed by atoms with Gasteiger partial charge >= 0.3 is 0 Å². The van der Waals surface area contributed by atoms with Crippen LogP contribution in [0.15, 0.2) is 24.3 Å². The second-order valence-corrected chi connectivity index (χ2v) is 9.66. The molecule has 1 aromatic rings. The third-order valence-corrected chi connectivity index (χ3v) is 6.81. The Morgan fingerprint density at radius 3 is 2.48 bits per heavy atom. The minimum atomic E-state index is -0.134. The maximum Gasteiger partial charge on any atom is 0.219 e. The zero-order valence-electron chi connectivity index (χ0n) is 17.1. The van der Waals surface area contributed by atoms with Crippen molar-refractivity contribution in [3.8, 4) is 0 Å². The lowest BCUT2D eigenvalue weighted by molar-refractivity contribution is -0.138. The Morgan fingerprint density at radius 2 is 1.89 bits per heavy atom. The minimum Gasteiger partial charge on any atom is -0.375 e. The van der Waals surface area contributed by atoms with Gasteiger partial charge in [0.05, 0.1) is 5.60 Å². The summed E-state index contributed by atoms with van der Waals surface area (Å²) < 4.78 is 5.86. The van der Waals surface area contributed by atoms with Crippen LogP contribution < -0.4 is 0 Å². The molecule has 0 bridgehead atoms. The van der Waals surface area contributed by atoms with Gasteiger partial charge in [0.25, 0.3) is 0 Å². The van der Waals surface area contributed by atoms with Gasteiger partial charge in [0.1, 0.15) is 0 Å². The third kappa shape index (κ3) is 5.48. The van der Waals surface area contributed by atoms with E-state index in [0.717, 1.165) is 43.9 Å². The molecule has 2 aliphatic rings. The van der Waals surface area contributed by atoms with E-state index in [1.54, 1.807) is 6.92 Å². The average Bonchev–Trinajstić information content (AvgIpc) is 3.05. The van der Waals surface area contributed by atoms with Gasteiger partial charge in [-0.15, -0.1) is 0 Å². The first kappa shape index (κ1) is 20.7. The summed E-state index contributed by atoms with van der Waals surface area (Å²) in [6.07, 6.45) is 9.20. The largest absolute Gasteiger partial charge is 0.375 e. The standard InChI is InChI=1S/C23H34ClNO2/c1-18(26)25(21-10-15-27-22(2,3)17-21)14-13-23(11-4-5-12-23)16-19-6-8-20(24)9-7-19/h6-9,21H,4-5,10-17H2,1-3H3. The van der Waals surface area contributed by atoms with Crippen molar-refractivity contribution in [3.05, 3.63) is 34.9 Å². The Kier molecular flexibility index (Phi) is 6.53. The van der Waals surface area contributed by atoms with Crippen molar-refractivity contribution in [2.75, 3.05) is 13.2 Å². The Morgan fingerprint density at radius 1 is 1.22 bits per heavy atom. The van der Waals surface area contributed by atoms with Gasteiger partial charge in [-0.05, 0) is 75.5 Å². The van der Waals surface area contributed by atoms with Crippen LogP contribution in [0, 0.1) is 5.41 Å². The fourth-order valence-corrected chi connectivity index (χ4v) is 5.22. The van der Waals surface area contributed by atoms with Crippen molar-refractivity contribution < 1.29 is 9.53 Å². The molecule has 3 nitrogen and oxygen atoms in total. The number of rotatable bonds is 6. The van der Waals surface area contributed by atoms with Crippen LogP contribution >= 0.6 is 11.6 Å². The molecule has 1 saturated heterocycles. The molecule has 27 heavy (non-hydrogen) atoms. The van der Waals surface area contributed by atoms with E-state index in [9.17, 15) is 4.79 Å². The zero-order chi connectivity index (χ0) is 19.5. The highest BCUT2D eigenvalue weighted by Crippen LogP contribution is 2.44. The topological polar surface area (TPSA) is 29.5 Å². The highest BCUT2D eigenvalue weighted by molar-refractivity contribution is 6.30. The van der Waals surface area contributed by atoms with Crippen LogP contribution in [0.4, 0.5) is 0 Å². The molecule has 3 rings (SSSR count). The Labute approximate surface area is 169 Å². The highest BCUT2D eigenvalue weighted by atomic mass is 35.5. The molecule has 0 spiro atoms. The van der Waals surface area contributed by atoms with E-state index in [4.69, 9.17) is 16.3 Å². The van der Waals surface area contributed by atoms with Crippen LogP contribution in [0.5, 0.6) is 0 Å². The van der Waals surface area contributed by atoms with Crippen LogP contribution in [0.2, 0.25) is 5.02 Å². The molecule has 1 unspecified atom stereocenters. The smallest absolute Gasteiger partial charge is 0.219 e. The van der Waals surface area contributed by atoms with E-state index in [1.165, 1.54) is 31.2 Å². The summed E-state index contributed by atoms with van der Waals surface area (Å²) in [7, 11) is 0. The van der Waals surface area contributed by atoms with E-state index in [-0.39, 0.29) is 11.5 Å². The molecule has 0 N–H and O–H groups in total. The molecule has 0 aromatic heterocycles. The zero-order valence-corrected chi connectivity index (χ0v) is 17.9. The van der Waals surface area contributed by atoms with Crippen LogP contribution in [0.1, 0.15) is 71.3 Å². The van der Waals surface area contributed by atoms with Gasteiger partial charge in [0, 0.05) is 31.1 Å². The Balaban J connectivity index is 1.68. The molecular formula is C23H34ClNO2. The monoisotopic (exact) mass is 391 g/mol. The van der Waals surface area contributed by atoms with E-state index in [1.807, 2.05) is 12.1 Å². The normalized spacial score (nSPS) is 23.9. The van der Waals surface area contributed by atoms with Crippen molar-refractivity contribution in [2.45, 2.75) is 83.8 Å². The first-order valence-electron chi connectivity index (χ1n) is 10.4. The fraction of sp³-hybridized carbons (Fsp3) is 0.696. The number of nitrogens with zero attached hydrogens (tertiary/aromatic N) is 1. The van der Waals surface area contributed by atoms with E-state index in [2.05, 4.69) is 30.9 Å². The molecule has 1 aliphatic carbocycles. The molecule has 1 aliphatic heterocycles. The number of carbonyl (C=O) groups excluding carboxylic acids is 1. The van der Waals surface area contributed by atoms with Gasteiger partial charge in [0.15, 0.2) is 0 Å². The number of ether oxygens (including phenoxy) is 1. The lowest BCUT2D eigenvalue weighted by Gasteiger charge is -2.42. The summed E-state index contributed by atoms with van der Waals surface area (Å²) in [5.41, 5.74) is 1.55. The van der Waals surface area contributed by atoms with Gasteiger partial charge in [0.2, 0.25) is 5.91 Å². The molecule has 1 heterocycles. The number of halogens is 1. The second-order valence-electron chi connectivity index (χ2n) is 9.23. The maximum atomic E-state index is 12.4. The Bertz CT molecular complexity index is 634. The quantitative estimate of drug-likeness (QED) is 0.628. The summed E-state index contributed by atoms with van der Waals surface area (Å²) in [5.74, 6) is 0.206. The van der Waals surface area contributed by atoms with E-state index >= 15 is 0 Å². The van der Waals surface area contributed by atoms with Crippen LogP contribution in [-0.2, 0) is 16.0 Å². The predicted octanol–water partition coefficient (Wildman–Crippen LogP) is 5.64. The second kappa shape index (κ2) is 8.53. The lowest BCUT2D eigenvalue weighted by Crippen LogP contribution is -2.48. The minimum absolute atomic E-state index is 0.134. The van der Waals surface area contributed by atoms with Crippen molar-refractivity contribution >= 4 is 17.5 Å². The number of amides is 1. The molecule has 1 atom stereocenters. The van der Waals surface area contributed by atoms with E-state index in [0.29, 0.717) is 11.5 Å². The average molecular weight is 392 g/mol. The summed E-state index contributed by atoms with van der Waals surface area (Å²) in [4.78, 5) is 14.6. The fourth-order valence-electron chi connectivity index (χ4n) is 5.10. The summed E-state index contributed by atoms with van der Waals surface area (Å²) in [5, 5.41) is 0.795. The van der Waals surface area contributed by atoms with Crippen LogP contribution in [0.25, 0.3) is 0 Å². The van der Waals surface area contributed by atoms with Gasteiger partial charge in [-0.25, -0.2) is 0 Å². The number of benzene rings is 1. The summed E-state index contributed by atoms with van der Waals surface area (Å²) in [6.45, 7) is 7.61. The molecule has 2 fully saturated rings. The van der Waals surface area contributed by atoms with Gasteiger partial charge in [-0.1, -0.05) is 36.6 Å². The third-order valence-electron chi connectivity index (χ3n) is 6.56. The predicted molar refractivity (Wildman–Crippen MR) is 111 cm³/mol. The summed E-state index contributed by atoms with van der Waals surface area (Å²) in [6, 6.07) is 8.61. The van der Waals surface area contributed by atoms with Crippen molar-refractivity contribution in [1.82, 2.24) is 4.90 Å².